The highest BCUT2D eigenvalue weighted by Gasteiger charge is 2.30. The number of hydrogen-bond donors (Lipinski definition) is 1. The van der Waals surface area contributed by atoms with Gasteiger partial charge in [0.25, 0.3) is 5.69 Å². The maximum absolute atomic E-state index is 11.4. The number of hydrogen-bond acceptors (Lipinski definition) is 4. The van der Waals surface area contributed by atoms with E-state index in [1.807, 2.05) is 0 Å². The number of carboxylic acids is 1. The molecule has 1 N–H and O–H groups in total. The number of anilines is 1. The van der Waals surface area contributed by atoms with Crippen molar-refractivity contribution >= 4 is 17.3 Å². The lowest BCUT2D eigenvalue weighted by Gasteiger charge is -2.35. The van der Waals surface area contributed by atoms with Gasteiger partial charge in [-0.2, -0.15) is 0 Å². The first kappa shape index (κ1) is 15.3. The summed E-state index contributed by atoms with van der Waals surface area (Å²) in [5.74, 6) is -0.577. The lowest BCUT2D eigenvalue weighted by Crippen LogP contribution is -2.36. The van der Waals surface area contributed by atoms with Crippen molar-refractivity contribution in [3.63, 3.8) is 0 Å². The maximum atomic E-state index is 11.4. The fourth-order valence-electron chi connectivity index (χ4n) is 3.16. The van der Waals surface area contributed by atoms with E-state index in [0.717, 1.165) is 25.7 Å². The summed E-state index contributed by atoms with van der Waals surface area (Å²) in [7, 11) is 1.76. The molecule has 1 aliphatic rings. The van der Waals surface area contributed by atoms with Gasteiger partial charge in [0.2, 0.25) is 0 Å². The van der Waals surface area contributed by atoms with Crippen LogP contribution in [0.5, 0.6) is 0 Å². The summed E-state index contributed by atoms with van der Waals surface area (Å²) >= 11 is 0. The van der Waals surface area contributed by atoms with E-state index < -0.39 is 10.9 Å². The van der Waals surface area contributed by atoms with E-state index in [0.29, 0.717) is 5.92 Å². The minimum absolute atomic E-state index is 0.00933. The molecule has 0 radical (unpaired) electrons. The summed E-state index contributed by atoms with van der Waals surface area (Å²) in [4.78, 5) is 23.9. The summed E-state index contributed by atoms with van der Waals surface area (Å²) in [5, 5.41) is 20.6. The minimum atomic E-state index is -1.13. The monoisotopic (exact) mass is 292 g/mol. The Hall–Kier alpha value is -2.11. The molecule has 2 rings (SSSR count). The highest BCUT2D eigenvalue weighted by molar-refractivity contribution is 5.97. The second-order valence-electron chi connectivity index (χ2n) is 5.77. The predicted molar refractivity (Wildman–Crippen MR) is 79.9 cm³/mol. The largest absolute Gasteiger partial charge is 0.478 e. The van der Waals surface area contributed by atoms with Crippen molar-refractivity contribution in [2.24, 2.45) is 5.92 Å². The standard InChI is InChI=1S/C15H20N2O4/c1-10-5-3-6-11(9-10)16(2)14-12(15(18)19)7-4-8-13(14)17(20)21/h4,7-8,10-11H,3,5-6,9H2,1-2H3,(H,18,19). The first-order chi connectivity index (χ1) is 9.91. The molecule has 1 saturated carbocycles. The van der Waals surface area contributed by atoms with Gasteiger partial charge in [-0.05, 0) is 24.8 Å². The van der Waals surface area contributed by atoms with Crippen LogP contribution >= 0.6 is 0 Å². The van der Waals surface area contributed by atoms with E-state index in [2.05, 4.69) is 6.92 Å². The Labute approximate surface area is 123 Å². The van der Waals surface area contributed by atoms with Gasteiger partial charge in [0.1, 0.15) is 5.69 Å². The molecule has 0 aliphatic heterocycles. The number of nitro groups is 1. The van der Waals surface area contributed by atoms with Gasteiger partial charge < -0.3 is 10.0 Å². The third-order valence-corrected chi connectivity index (χ3v) is 4.25. The van der Waals surface area contributed by atoms with Gasteiger partial charge >= 0.3 is 5.97 Å². The lowest BCUT2D eigenvalue weighted by molar-refractivity contribution is -0.384. The summed E-state index contributed by atoms with van der Waals surface area (Å²) in [6.45, 7) is 2.16. The molecule has 6 heteroatoms. The van der Waals surface area contributed by atoms with Gasteiger partial charge in [-0.25, -0.2) is 4.79 Å². The van der Waals surface area contributed by atoms with Crippen LogP contribution in [0.3, 0.4) is 0 Å². The zero-order valence-electron chi connectivity index (χ0n) is 12.3. The van der Waals surface area contributed by atoms with E-state index in [1.54, 1.807) is 11.9 Å². The first-order valence-corrected chi connectivity index (χ1v) is 7.15. The van der Waals surface area contributed by atoms with Crippen LogP contribution in [0.4, 0.5) is 11.4 Å². The second-order valence-corrected chi connectivity index (χ2v) is 5.77. The Kier molecular flexibility index (Phi) is 4.45. The molecule has 0 saturated heterocycles. The van der Waals surface area contributed by atoms with E-state index >= 15 is 0 Å². The van der Waals surface area contributed by atoms with Crippen LogP contribution < -0.4 is 4.90 Å². The molecule has 0 heterocycles. The van der Waals surface area contributed by atoms with Crippen molar-refractivity contribution in [2.75, 3.05) is 11.9 Å². The SMILES string of the molecule is CC1CCCC(N(C)c2c(C(=O)O)cccc2[N+](=O)[O-])C1. The highest BCUT2D eigenvalue weighted by atomic mass is 16.6. The van der Waals surface area contributed by atoms with Crippen LogP contribution in [0, 0.1) is 16.0 Å². The molecule has 0 bridgehead atoms. The zero-order chi connectivity index (χ0) is 15.6. The molecular formula is C15H20N2O4. The van der Waals surface area contributed by atoms with Crippen molar-refractivity contribution in [1.29, 1.82) is 0 Å². The molecule has 6 nitrogen and oxygen atoms in total. The van der Waals surface area contributed by atoms with Crippen LogP contribution in [-0.2, 0) is 0 Å². The Balaban J connectivity index is 2.44. The molecule has 0 amide bonds. The van der Waals surface area contributed by atoms with E-state index in [9.17, 15) is 20.0 Å². The molecule has 2 atom stereocenters. The fourth-order valence-corrected chi connectivity index (χ4v) is 3.16. The second kappa shape index (κ2) is 6.11. The quantitative estimate of drug-likeness (QED) is 0.680. The zero-order valence-corrected chi connectivity index (χ0v) is 12.3. The number of carbonyl (C=O) groups is 1. The number of nitro benzene ring substituents is 1. The molecule has 1 fully saturated rings. The normalized spacial score (nSPS) is 21.8. The Bertz CT molecular complexity index is 526. The molecule has 1 aromatic rings. The molecule has 0 aromatic heterocycles. The number of rotatable bonds is 4. The lowest BCUT2D eigenvalue weighted by atomic mass is 9.86. The van der Waals surface area contributed by atoms with Gasteiger partial charge in [0.15, 0.2) is 0 Å². The van der Waals surface area contributed by atoms with Crippen molar-refractivity contribution in [1.82, 2.24) is 0 Å². The van der Waals surface area contributed by atoms with E-state index in [1.165, 1.54) is 18.2 Å². The maximum Gasteiger partial charge on any atom is 0.338 e. The number of carboxylic acid groups (broad SMARTS) is 1. The number of aromatic carboxylic acids is 1. The Morgan fingerprint density at radius 2 is 2.14 bits per heavy atom. The van der Waals surface area contributed by atoms with E-state index in [-0.39, 0.29) is 23.0 Å². The molecular weight excluding hydrogens is 272 g/mol. The molecule has 0 spiro atoms. The minimum Gasteiger partial charge on any atom is -0.478 e. The van der Waals surface area contributed by atoms with Gasteiger partial charge in [0.05, 0.1) is 10.5 Å². The fraction of sp³-hybridized carbons (Fsp3) is 0.533. The number of nitrogens with zero attached hydrogens (tertiary/aromatic N) is 2. The summed E-state index contributed by atoms with van der Waals surface area (Å²) < 4.78 is 0. The topological polar surface area (TPSA) is 83.7 Å². The highest BCUT2D eigenvalue weighted by Crippen LogP contribution is 2.36. The molecule has 1 aliphatic carbocycles. The molecule has 2 unspecified atom stereocenters. The van der Waals surface area contributed by atoms with Gasteiger partial charge in [0, 0.05) is 19.2 Å². The van der Waals surface area contributed by atoms with E-state index in [4.69, 9.17) is 0 Å². The predicted octanol–water partition coefficient (Wildman–Crippen LogP) is 3.31. The van der Waals surface area contributed by atoms with Crippen molar-refractivity contribution < 1.29 is 14.8 Å². The summed E-state index contributed by atoms with van der Waals surface area (Å²) in [5.41, 5.74) is 0.0645. The van der Waals surface area contributed by atoms with Crippen molar-refractivity contribution in [3.8, 4) is 0 Å². The number of benzene rings is 1. The molecule has 21 heavy (non-hydrogen) atoms. The van der Waals surface area contributed by atoms with Gasteiger partial charge in [-0.15, -0.1) is 0 Å². The smallest absolute Gasteiger partial charge is 0.338 e. The summed E-state index contributed by atoms with van der Waals surface area (Å²) in [6, 6.07) is 4.35. The number of para-hydroxylation sites is 1. The van der Waals surface area contributed by atoms with Gasteiger partial charge in [-0.3, -0.25) is 10.1 Å². The Morgan fingerprint density at radius 1 is 1.43 bits per heavy atom. The van der Waals surface area contributed by atoms with Crippen molar-refractivity contribution in [3.05, 3.63) is 33.9 Å². The average Bonchev–Trinajstić information content (AvgIpc) is 2.45. The molecule has 1 aromatic carbocycles. The third-order valence-electron chi connectivity index (χ3n) is 4.25. The average molecular weight is 292 g/mol. The van der Waals surface area contributed by atoms with Crippen LogP contribution in [0.1, 0.15) is 43.0 Å². The van der Waals surface area contributed by atoms with Crippen LogP contribution in [0.15, 0.2) is 18.2 Å². The molecule has 114 valence electrons. The first-order valence-electron chi connectivity index (χ1n) is 7.15. The van der Waals surface area contributed by atoms with Crippen molar-refractivity contribution in [2.45, 2.75) is 38.6 Å². The summed E-state index contributed by atoms with van der Waals surface area (Å²) in [6.07, 6.45) is 4.10. The van der Waals surface area contributed by atoms with Crippen LogP contribution in [0.25, 0.3) is 0 Å². The Morgan fingerprint density at radius 3 is 2.71 bits per heavy atom. The third kappa shape index (κ3) is 3.15. The van der Waals surface area contributed by atoms with Crippen LogP contribution in [0.2, 0.25) is 0 Å². The van der Waals surface area contributed by atoms with Crippen LogP contribution in [-0.4, -0.2) is 29.1 Å². The van der Waals surface area contributed by atoms with Gasteiger partial charge in [-0.1, -0.05) is 25.8 Å².